The van der Waals surface area contributed by atoms with Gasteiger partial charge in [0, 0.05) is 6.92 Å². The molecule has 92 valence electrons. The van der Waals surface area contributed by atoms with Crippen molar-refractivity contribution in [3.8, 4) is 0 Å². The SMILES string of the molecule is CC(=O)N[C@@H]1c2ccccc2C(C)(C)C[C@H]1O. The molecule has 2 rings (SSSR count). The molecule has 1 amide bonds. The molecule has 17 heavy (non-hydrogen) atoms. The average Bonchev–Trinajstić information content (AvgIpc) is 2.23. The molecule has 1 aliphatic carbocycles. The molecule has 0 unspecified atom stereocenters. The molecule has 0 radical (unpaired) electrons. The van der Waals surface area contributed by atoms with Gasteiger partial charge in [0.15, 0.2) is 0 Å². The van der Waals surface area contributed by atoms with Crippen LogP contribution >= 0.6 is 0 Å². The molecule has 2 N–H and O–H groups in total. The molecule has 1 aliphatic rings. The summed E-state index contributed by atoms with van der Waals surface area (Å²) < 4.78 is 0. The van der Waals surface area contributed by atoms with Crippen molar-refractivity contribution < 1.29 is 9.90 Å². The molecule has 3 nitrogen and oxygen atoms in total. The van der Waals surface area contributed by atoms with E-state index >= 15 is 0 Å². The molecule has 1 aromatic rings. The Balaban J connectivity index is 2.46. The van der Waals surface area contributed by atoms with Crippen molar-refractivity contribution in [1.82, 2.24) is 5.32 Å². The first-order valence-corrected chi connectivity index (χ1v) is 5.96. The van der Waals surface area contributed by atoms with Crippen molar-refractivity contribution in [3.63, 3.8) is 0 Å². The summed E-state index contributed by atoms with van der Waals surface area (Å²) in [6, 6.07) is 7.73. The average molecular weight is 233 g/mol. The van der Waals surface area contributed by atoms with Gasteiger partial charge in [-0.1, -0.05) is 38.1 Å². The van der Waals surface area contributed by atoms with Crippen molar-refractivity contribution in [2.75, 3.05) is 0 Å². The van der Waals surface area contributed by atoms with Crippen LogP contribution in [-0.4, -0.2) is 17.1 Å². The first-order valence-electron chi connectivity index (χ1n) is 5.96. The van der Waals surface area contributed by atoms with E-state index < -0.39 is 6.10 Å². The van der Waals surface area contributed by atoms with Crippen LogP contribution in [0.5, 0.6) is 0 Å². The Kier molecular flexibility index (Phi) is 2.96. The zero-order valence-electron chi connectivity index (χ0n) is 10.5. The second-order valence-corrected chi connectivity index (χ2v) is 5.42. The van der Waals surface area contributed by atoms with E-state index in [0.29, 0.717) is 6.42 Å². The van der Waals surface area contributed by atoms with Gasteiger partial charge < -0.3 is 10.4 Å². The van der Waals surface area contributed by atoms with Crippen LogP contribution in [0, 0.1) is 0 Å². The van der Waals surface area contributed by atoms with Gasteiger partial charge in [-0.3, -0.25) is 4.79 Å². The number of hydrogen-bond acceptors (Lipinski definition) is 2. The number of hydrogen-bond donors (Lipinski definition) is 2. The van der Waals surface area contributed by atoms with Crippen LogP contribution in [0.2, 0.25) is 0 Å². The topological polar surface area (TPSA) is 49.3 Å². The van der Waals surface area contributed by atoms with E-state index in [-0.39, 0.29) is 17.4 Å². The number of aliphatic hydroxyl groups excluding tert-OH is 1. The maximum Gasteiger partial charge on any atom is 0.217 e. The summed E-state index contributed by atoms with van der Waals surface area (Å²) in [5.41, 5.74) is 2.20. The lowest BCUT2D eigenvalue weighted by Gasteiger charge is -2.40. The van der Waals surface area contributed by atoms with Crippen molar-refractivity contribution in [3.05, 3.63) is 35.4 Å². The normalized spacial score (nSPS) is 26.1. The van der Waals surface area contributed by atoms with Gasteiger partial charge in [0.2, 0.25) is 5.91 Å². The second kappa shape index (κ2) is 4.15. The molecule has 0 aromatic heterocycles. The smallest absolute Gasteiger partial charge is 0.217 e. The molecule has 1 aromatic carbocycles. The molecule has 0 bridgehead atoms. The second-order valence-electron chi connectivity index (χ2n) is 5.42. The van der Waals surface area contributed by atoms with Gasteiger partial charge in [-0.25, -0.2) is 0 Å². The third-order valence-corrected chi connectivity index (χ3v) is 3.49. The lowest BCUT2D eigenvalue weighted by molar-refractivity contribution is -0.120. The highest BCUT2D eigenvalue weighted by atomic mass is 16.3. The molecule has 0 saturated heterocycles. The number of benzene rings is 1. The standard InChI is InChI=1S/C14H19NO2/c1-9(16)15-13-10-6-4-5-7-11(10)14(2,3)8-12(13)17/h4-7,12-13,17H,8H2,1-3H3,(H,15,16)/t12-,13-/m1/s1. The highest BCUT2D eigenvalue weighted by Gasteiger charge is 2.38. The Labute approximate surface area is 102 Å². The Hall–Kier alpha value is -1.35. The van der Waals surface area contributed by atoms with Gasteiger partial charge in [-0.15, -0.1) is 0 Å². The molecular weight excluding hydrogens is 214 g/mol. The summed E-state index contributed by atoms with van der Waals surface area (Å²) in [5.74, 6) is -0.108. The first-order chi connectivity index (χ1) is 7.92. The predicted octanol–water partition coefficient (Wildman–Crippen LogP) is 1.91. The van der Waals surface area contributed by atoms with Crippen molar-refractivity contribution >= 4 is 5.91 Å². The van der Waals surface area contributed by atoms with E-state index in [0.717, 1.165) is 5.56 Å². The predicted molar refractivity (Wildman–Crippen MR) is 66.6 cm³/mol. The van der Waals surface area contributed by atoms with Gasteiger partial charge in [-0.2, -0.15) is 0 Å². The molecule has 0 spiro atoms. The Morgan fingerprint density at radius 1 is 1.41 bits per heavy atom. The maximum atomic E-state index is 11.2. The first kappa shape index (κ1) is 12.1. The van der Waals surface area contributed by atoms with Crippen LogP contribution < -0.4 is 5.32 Å². The number of amides is 1. The van der Waals surface area contributed by atoms with Gasteiger partial charge in [-0.05, 0) is 23.0 Å². The number of carbonyl (C=O) groups excluding carboxylic acids is 1. The molecule has 0 saturated carbocycles. The van der Waals surface area contributed by atoms with Gasteiger partial charge in [0.1, 0.15) is 0 Å². The lowest BCUT2D eigenvalue weighted by atomic mass is 9.69. The zero-order chi connectivity index (χ0) is 12.6. The van der Waals surface area contributed by atoms with E-state index in [1.807, 2.05) is 18.2 Å². The van der Waals surface area contributed by atoms with Crippen LogP contribution in [0.1, 0.15) is 44.4 Å². The number of nitrogens with one attached hydrogen (secondary N) is 1. The number of aliphatic hydroxyl groups is 1. The Bertz CT molecular complexity index is 440. The summed E-state index contributed by atoms with van der Waals surface area (Å²) >= 11 is 0. The molecule has 0 aliphatic heterocycles. The highest BCUT2D eigenvalue weighted by molar-refractivity contribution is 5.73. The maximum absolute atomic E-state index is 11.2. The number of rotatable bonds is 1. The summed E-state index contributed by atoms with van der Waals surface area (Å²) in [6.45, 7) is 5.73. The largest absolute Gasteiger partial charge is 0.391 e. The van der Waals surface area contributed by atoms with E-state index in [4.69, 9.17) is 0 Å². The number of fused-ring (bicyclic) bond motifs is 1. The van der Waals surface area contributed by atoms with Crippen LogP contribution in [-0.2, 0) is 10.2 Å². The van der Waals surface area contributed by atoms with Crippen LogP contribution in [0.25, 0.3) is 0 Å². The fourth-order valence-electron chi connectivity index (χ4n) is 2.74. The Morgan fingerprint density at radius 3 is 2.71 bits per heavy atom. The number of carbonyl (C=O) groups is 1. The molecular formula is C14H19NO2. The quantitative estimate of drug-likeness (QED) is 0.778. The zero-order valence-corrected chi connectivity index (χ0v) is 10.5. The highest BCUT2D eigenvalue weighted by Crippen LogP contribution is 2.41. The minimum absolute atomic E-state index is 0.0506. The molecule has 0 heterocycles. The van der Waals surface area contributed by atoms with E-state index in [1.54, 1.807) is 0 Å². The van der Waals surface area contributed by atoms with E-state index in [1.165, 1.54) is 12.5 Å². The van der Waals surface area contributed by atoms with E-state index in [9.17, 15) is 9.90 Å². The van der Waals surface area contributed by atoms with Crippen molar-refractivity contribution in [2.24, 2.45) is 0 Å². The van der Waals surface area contributed by atoms with Crippen molar-refractivity contribution in [1.29, 1.82) is 0 Å². The lowest BCUT2D eigenvalue weighted by Crippen LogP contribution is -2.43. The van der Waals surface area contributed by atoms with E-state index in [2.05, 4.69) is 25.2 Å². The van der Waals surface area contributed by atoms with Crippen LogP contribution in [0.15, 0.2) is 24.3 Å². The van der Waals surface area contributed by atoms with Crippen LogP contribution in [0.3, 0.4) is 0 Å². The summed E-state index contributed by atoms with van der Waals surface area (Å²) in [6.07, 6.45) is 0.137. The minimum atomic E-state index is -0.524. The van der Waals surface area contributed by atoms with Gasteiger partial charge in [0.05, 0.1) is 12.1 Å². The van der Waals surface area contributed by atoms with Crippen LogP contribution in [0.4, 0.5) is 0 Å². The van der Waals surface area contributed by atoms with Crippen molar-refractivity contribution in [2.45, 2.75) is 44.8 Å². The third-order valence-electron chi connectivity index (χ3n) is 3.49. The summed E-state index contributed by atoms with van der Waals surface area (Å²) in [5, 5.41) is 13.0. The summed E-state index contributed by atoms with van der Waals surface area (Å²) in [7, 11) is 0. The van der Waals surface area contributed by atoms with Gasteiger partial charge >= 0.3 is 0 Å². The molecule has 2 atom stereocenters. The fraction of sp³-hybridized carbons (Fsp3) is 0.500. The monoisotopic (exact) mass is 233 g/mol. The summed E-state index contributed by atoms with van der Waals surface area (Å²) in [4.78, 5) is 11.2. The third kappa shape index (κ3) is 2.20. The molecule has 3 heteroatoms. The van der Waals surface area contributed by atoms with Gasteiger partial charge in [0.25, 0.3) is 0 Å². The minimum Gasteiger partial charge on any atom is -0.391 e. The fourth-order valence-corrected chi connectivity index (χ4v) is 2.74. The Morgan fingerprint density at radius 2 is 2.06 bits per heavy atom. The molecule has 0 fully saturated rings.